The molecule has 0 saturated carbocycles. The highest BCUT2D eigenvalue weighted by Gasteiger charge is 2.51. The van der Waals surface area contributed by atoms with Crippen LogP contribution in [0.25, 0.3) is 78.1 Å². The molecule has 0 atom stereocenters. The summed E-state index contributed by atoms with van der Waals surface area (Å²) in [6, 6.07) is 67.1. The Labute approximate surface area is 329 Å². The average molecular weight is 728 g/mol. The van der Waals surface area contributed by atoms with Crippen LogP contribution < -0.4 is 0 Å². The largest absolute Gasteiger partial charge is 0.456 e. The molecule has 266 valence electrons. The Bertz CT molecular complexity index is 3100. The van der Waals surface area contributed by atoms with Crippen molar-refractivity contribution < 1.29 is 4.42 Å². The molecule has 0 unspecified atom stereocenters. The Morgan fingerprint density at radius 1 is 0.386 bits per heavy atom. The molecule has 0 saturated heterocycles. The smallest absolute Gasteiger partial charge is 0.163 e. The van der Waals surface area contributed by atoms with E-state index in [9.17, 15) is 0 Å². The lowest BCUT2D eigenvalue weighted by Crippen LogP contribution is -2.25. The summed E-state index contributed by atoms with van der Waals surface area (Å²) in [7, 11) is 0. The second-order valence-corrected chi connectivity index (χ2v) is 15.1. The van der Waals surface area contributed by atoms with E-state index in [0.717, 1.165) is 44.2 Å². The molecule has 0 amide bonds. The van der Waals surface area contributed by atoms with Gasteiger partial charge in [0.15, 0.2) is 11.6 Å². The van der Waals surface area contributed by atoms with Crippen molar-refractivity contribution in [2.24, 2.45) is 0 Å². The van der Waals surface area contributed by atoms with Crippen molar-refractivity contribution >= 4 is 21.9 Å². The Hall–Kier alpha value is -7.43. The maximum atomic E-state index is 6.53. The molecule has 2 heterocycles. The quantitative estimate of drug-likeness (QED) is 0.177. The second-order valence-electron chi connectivity index (χ2n) is 15.1. The van der Waals surface area contributed by atoms with Gasteiger partial charge in [0.2, 0.25) is 0 Å². The first-order valence-electron chi connectivity index (χ1n) is 19.5. The molecular formula is C53H33N3O. The van der Waals surface area contributed by atoms with E-state index in [0.29, 0.717) is 23.9 Å². The fourth-order valence-electron chi connectivity index (χ4n) is 9.60. The van der Waals surface area contributed by atoms with Gasteiger partial charge in [0.1, 0.15) is 17.0 Å². The minimum Gasteiger partial charge on any atom is -0.456 e. The van der Waals surface area contributed by atoms with Gasteiger partial charge in [-0.15, -0.1) is 0 Å². The molecule has 0 radical (unpaired) electrons. The third-order valence-corrected chi connectivity index (χ3v) is 12.0. The van der Waals surface area contributed by atoms with E-state index in [1.807, 2.05) is 60.7 Å². The molecule has 1 spiro atoms. The first-order valence-corrected chi connectivity index (χ1v) is 19.5. The summed E-state index contributed by atoms with van der Waals surface area (Å²) in [5.74, 6) is 2.03. The first kappa shape index (κ1) is 31.9. The van der Waals surface area contributed by atoms with Crippen molar-refractivity contribution in [1.82, 2.24) is 15.0 Å². The SMILES string of the molecule is c1ccc(-c2nc(Cc3cccc4oc5ccc(-c6ccc7c(c6)C6(c8ccccc8-c8ccccc86)c6ccccc6-7)cc5c34)nc(-c3ccccc3)n2)cc1. The van der Waals surface area contributed by atoms with Gasteiger partial charge in [-0.3, -0.25) is 0 Å². The lowest BCUT2D eigenvalue weighted by Gasteiger charge is -2.30. The van der Waals surface area contributed by atoms with Crippen molar-refractivity contribution in [3.63, 3.8) is 0 Å². The van der Waals surface area contributed by atoms with E-state index in [-0.39, 0.29) is 0 Å². The van der Waals surface area contributed by atoms with Crippen molar-refractivity contribution in [3.05, 3.63) is 222 Å². The maximum Gasteiger partial charge on any atom is 0.163 e. The monoisotopic (exact) mass is 727 g/mol. The first-order chi connectivity index (χ1) is 28.2. The minimum absolute atomic E-state index is 0.392. The van der Waals surface area contributed by atoms with Crippen molar-refractivity contribution in [3.8, 4) is 56.2 Å². The molecule has 8 aromatic carbocycles. The van der Waals surface area contributed by atoms with Crippen molar-refractivity contribution in [2.45, 2.75) is 11.8 Å². The molecule has 2 aliphatic rings. The van der Waals surface area contributed by atoms with Crippen LogP contribution in [-0.4, -0.2) is 15.0 Å². The van der Waals surface area contributed by atoms with Crippen LogP contribution in [0.2, 0.25) is 0 Å². The molecule has 57 heavy (non-hydrogen) atoms. The van der Waals surface area contributed by atoms with Gasteiger partial charge in [-0.25, -0.2) is 15.0 Å². The Kier molecular flexibility index (Phi) is 6.87. The summed E-state index contributed by atoms with van der Waals surface area (Å²) in [5.41, 5.74) is 17.2. The summed E-state index contributed by atoms with van der Waals surface area (Å²) in [4.78, 5) is 15.0. The highest BCUT2D eigenvalue weighted by Crippen LogP contribution is 2.63. The third-order valence-electron chi connectivity index (χ3n) is 12.0. The van der Waals surface area contributed by atoms with E-state index in [1.165, 1.54) is 50.1 Å². The van der Waals surface area contributed by atoms with E-state index in [1.54, 1.807) is 0 Å². The highest BCUT2D eigenvalue weighted by atomic mass is 16.3. The number of nitrogens with zero attached hydrogens (tertiary/aromatic N) is 3. The fourth-order valence-corrected chi connectivity index (χ4v) is 9.60. The Balaban J connectivity index is 1.01. The standard InChI is InChI=1S/C53H33N3O/c1-3-14-33(15-4-1)51-54-49(55-52(56-51)34-16-5-2-6-17-34)32-37-18-13-25-48-50(37)42-30-35(27-29-47(42)57-48)36-26-28-41-40-21-9-12-24-45(40)53(46(41)31-36)43-22-10-7-19-38(43)39-20-8-11-23-44(39)53/h1-31H,32H2. The predicted octanol–water partition coefficient (Wildman–Crippen LogP) is 12.7. The predicted molar refractivity (Wildman–Crippen MR) is 229 cm³/mol. The summed E-state index contributed by atoms with van der Waals surface area (Å²) >= 11 is 0. The number of aromatic nitrogens is 3. The molecule has 0 N–H and O–H groups in total. The summed E-state index contributed by atoms with van der Waals surface area (Å²) < 4.78 is 6.53. The van der Waals surface area contributed by atoms with Crippen LogP contribution in [-0.2, 0) is 11.8 Å². The number of fused-ring (bicyclic) bond motifs is 13. The molecule has 0 bridgehead atoms. The van der Waals surface area contributed by atoms with Gasteiger partial charge < -0.3 is 4.42 Å². The van der Waals surface area contributed by atoms with Crippen LogP contribution in [0.5, 0.6) is 0 Å². The Morgan fingerprint density at radius 2 is 0.912 bits per heavy atom. The molecule has 2 aliphatic carbocycles. The molecule has 4 nitrogen and oxygen atoms in total. The topological polar surface area (TPSA) is 51.8 Å². The highest BCUT2D eigenvalue weighted by molar-refractivity contribution is 6.08. The van der Waals surface area contributed by atoms with Gasteiger partial charge in [0, 0.05) is 28.3 Å². The van der Waals surface area contributed by atoms with E-state index in [2.05, 4.69) is 127 Å². The molecular weight excluding hydrogens is 695 g/mol. The summed E-state index contributed by atoms with van der Waals surface area (Å²) in [6.45, 7) is 0. The zero-order valence-corrected chi connectivity index (χ0v) is 30.9. The summed E-state index contributed by atoms with van der Waals surface area (Å²) in [5, 5.41) is 2.16. The number of hydrogen-bond donors (Lipinski definition) is 0. The van der Waals surface area contributed by atoms with Gasteiger partial charge in [-0.1, -0.05) is 164 Å². The number of rotatable bonds is 5. The molecule has 12 rings (SSSR count). The second kappa shape index (κ2) is 12.3. The zero-order chi connectivity index (χ0) is 37.5. The van der Waals surface area contributed by atoms with E-state index >= 15 is 0 Å². The van der Waals surface area contributed by atoms with Crippen LogP contribution in [0.3, 0.4) is 0 Å². The molecule has 0 fully saturated rings. The lowest BCUT2D eigenvalue weighted by atomic mass is 9.70. The van der Waals surface area contributed by atoms with Crippen LogP contribution in [0, 0.1) is 0 Å². The van der Waals surface area contributed by atoms with Crippen LogP contribution in [0.1, 0.15) is 33.6 Å². The van der Waals surface area contributed by atoms with E-state index in [4.69, 9.17) is 19.4 Å². The van der Waals surface area contributed by atoms with Crippen LogP contribution >= 0.6 is 0 Å². The zero-order valence-electron chi connectivity index (χ0n) is 30.9. The average Bonchev–Trinajstić information content (AvgIpc) is 3.91. The maximum absolute atomic E-state index is 6.53. The lowest BCUT2D eigenvalue weighted by molar-refractivity contribution is 0.668. The van der Waals surface area contributed by atoms with Crippen LogP contribution in [0.15, 0.2) is 192 Å². The van der Waals surface area contributed by atoms with Gasteiger partial charge in [0.25, 0.3) is 0 Å². The Morgan fingerprint density at radius 3 is 1.53 bits per heavy atom. The summed E-state index contributed by atoms with van der Waals surface area (Å²) in [6.07, 6.45) is 0.525. The van der Waals surface area contributed by atoms with Gasteiger partial charge in [-0.2, -0.15) is 0 Å². The van der Waals surface area contributed by atoms with E-state index < -0.39 is 5.41 Å². The molecule has 2 aromatic heterocycles. The van der Waals surface area contributed by atoms with Crippen molar-refractivity contribution in [2.75, 3.05) is 0 Å². The fraction of sp³-hybridized carbons (Fsp3) is 0.0377. The number of hydrogen-bond acceptors (Lipinski definition) is 4. The van der Waals surface area contributed by atoms with Gasteiger partial charge in [-0.05, 0) is 85.5 Å². The van der Waals surface area contributed by atoms with Gasteiger partial charge in [0.05, 0.1) is 5.41 Å². The van der Waals surface area contributed by atoms with Gasteiger partial charge >= 0.3 is 0 Å². The number of benzene rings is 8. The third kappa shape index (κ3) is 4.71. The number of furan rings is 1. The normalized spacial score (nSPS) is 13.1. The van der Waals surface area contributed by atoms with Crippen molar-refractivity contribution in [1.29, 1.82) is 0 Å². The molecule has 4 heteroatoms. The molecule has 10 aromatic rings. The molecule has 0 aliphatic heterocycles. The van der Waals surface area contributed by atoms with Crippen LogP contribution in [0.4, 0.5) is 0 Å². The minimum atomic E-state index is -0.392.